The molecule has 1 aliphatic heterocycles. The summed E-state index contributed by atoms with van der Waals surface area (Å²) in [5.74, 6) is 0. The van der Waals surface area contributed by atoms with Gasteiger partial charge in [0.25, 0.3) is 0 Å². The summed E-state index contributed by atoms with van der Waals surface area (Å²) < 4.78 is 11.8. The lowest BCUT2D eigenvalue weighted by atomic mass is 9.99. The van der Waals surface area contributed by atoms with Crippen LogP contribution in [0.4, 0.5) is 0 Å². The van der Waals surface area contributed by atoms with Gasteiger partial charge in [-0.3, -0.25) is 0 Å². The number of aryl methyl sites for hydroxylation is 1. The molecule has 1 saturated heterocycles. The molecule has 2 nitrogen and oxygen atoms in total. The monoisotopic (exact) mass is 324 g/mol. The molecule has 0 bridgehead atoms. The van der Waals surface area contributed by atoms with Crippen LogP contribution in [0.3, 0.4) is 0 Å². The van der Waals surface area contributed by atoms with Crippen molar-refractivity contribution in [3.05, 3.63) is 59.7 Å². The van der Waals surface area contributed by atoms with Gasteiger partial charge in [-0.05, 0) is 41.5 Å². The van der Waals surface area contributed by atoms with E-state index in [1.165, 1.54) is 41.5 Å². The predicted molar refractivity (Wildman–Crippen MR) is 99.2 cm³/mol. The topological polar surface area (TPSA) is 18.5 Å². The maximum Gasteiger partial charge on any atom is 0.106 e. The number of benzene rings is 2. The van der Waals surface area contributed by atoms with Gasteiger partial charge in [-0.25, -0.2) is 0 Å². The molecule has 1 fully saturated rings. The van der Waals surface area contributed by atoms with Gasteiger partial charge in [0, 0.05) is 0 Å². The Hall–Kier alpha value is -1.64. The van der Waals surface area contributed by atoms with Crippen LogP contribution in [0, 0.1) is 0 Å². The van der Waals surface area contributed by atoms with Crippen LogP contribution < -0.4 is 0 Å². The summed E-state index contributed by atoms with van der Waals surface area (Å²) in [5.41, 5.74) is 5.15. The van der Waals surface area contributed by atoms with Crippen LogP contribution in [-0.2, 0) is 15.9 Å². The second-order valence-electron chi connectivity index (χ2n) is 6.61. The SMILES string of the molecule is CCCCc1ccc(-c2ccc(C3COC(CC)CO3)cc2)cc1. The summed E-state index contributed by atoms with van der Waals surface area (Å²) >= 11 is 0. The molecular formula is C22H28O2. The van der Waals surface area contributed by atoms with Gasteiger partial charge in [-0.15, -0.1) is 0 Å². The molecule has 0 aromatic heterocycles. The van der Waals surface area contributed by atoms with Crippen molar-refractivity contribution in [3.8, 4) is 11.1 Å². The molecule has 2 aromatic rings. The summed E-state index contributed by atoms with van der Waals surface area (Å²) in [4.78, 5) is 0. The van der Waals surface area contributed by atoms with Crippen LogP contribution in [0.15, 0.2) is 48.5 Å². The van der Waals surface area contributed by atoms with Gasteiger partial charge in [0.15, 0.2) is 0 Å². The van der Waals surface area contributed by atoms with E-state index in [0.29, 0.717) is 13.2 Å². The first-order valence-electron chi connectivity index (χ1n) is 9.22. The molecule has 2 unspecified atom stereocenters. The van der Waals surface area contributed by atoms with E-state index in [9.17, 15) is 0 Å². The Morgan fingerprint density at radius 2 is 1.50 bits per heavy atom. The summed E-state index contributed by atoms with van der Waals surface area (Å²) in [6.07, 6.45) is 5.02. The van der Waals surface area contributed by atoms with Crippen molar-refractivity contribution in [1.29, 1.82) is 0 Å². The Kier molecular flexibility index (Phi) is 6.06. The average molecular weight is 324 g/mol. The first kappa shape index (κ1) is 17.2. The van der Waals surface area contributed by atoms with E-state index in [2.05, 4.69) is 62.4 Å². The molecule has 1 aliphatic rings. The minimum Gasteiger partial charge on any atom is -0.373 e. The number of unbranched alkanes of at least 4 members (excludes halogenated alkanes) is 1. The predicted octanol–water partition coefficient (Wildman–Crippen LogP) is 5.56. The Morgan fingerprint density at radius 3 is 2.04 bits per heavy atom. The molecule has 1 heterocycles. The molecule has 0 spiro atoms. The molecule has 3 rings (SSSR count). The van der Waals surface area contributed by atoms with E-state index in [-0.39, 0.29) is 12.2 Å². The van der Waals surface area contributed by atoms with Gasteiger partial charge >= 0.3 is 0 Å². The minimum absolute atomic E-state index is 0.0678. The fourth-order valence-corrected chi connectivity index (χ4v) is 3.11. The summed E-state index contributed by atoms with van der Waals surface area (Å²) in [6, 6.07) is 17.7. The van der Waals surface area contributed by atoms with E-state index in [1.807, 2.05) is 0 Å². The third kappa shape index (κ3) is 4.25. The summed E-state index contributed by atoms with van der Waals surface area (Å²) in [7, 11) is 0. The highest BCUT2D eigenvalue weighted by atomic mass is 16.6. The van der Waals surface area contributed by atoms with Crippen molar-refractivity contribution < 1.29 is 9.47 Å². The third-order valence-corrected chi connectivity index (χ3v) is 4.81. The van der Waals surface area contributed by atoms with E-state index in [1.54, 1.807) is 0 Å². The lowest BCUT2D eigenvalue weighted by molar-refractivity contribution is -0.135. The molecule has 0 N–H and O–H groups in total. The number of rotatable bonds is 6. The van der Waals surface area contributed by atoms with E-state index in [0.717, 1.165) is 6.42 Å². The second kappa shape index (κ2) is 8.46. The first-order chi connectivity index (χ1) is 11.8. The molecule has 0 saturated carbocycles. The molecule has 2 aromatic carbocycles. The van der Waals surface area contributed by atoms with Crippen LogP contribution in [0.25, 0.3) is 11.1 Å². The first-order valence-corrected chi connectivity index (χ1v) is 9.22. The van der Waals surface area contributed by atoms with Crippen LogP contribution >= 0.6 is 0 Å². The second-order valence-corrected chi connectivity index (χ2v) is 6.61. The fourth-order valence-electron chi connectivity index (χ4n) is 3.11. The highest BCUT2D eigenvalue weighted by Gasteiger charge is 2.22. The molecule has 0 radical (unpaired) electrons. The van der Waals surface area contributed by atoms with Crippen molar-refractivity contribution >= 4 is 0 Å². The van der Waals surface area contributed by atoms with Gasteiger partial charge < -0.3 is 9.47 Å². The highest BCUT2D eigenvalue weighted by Crippen LogP contribution is 2.27. The molecular weight excluding hydrogens is 296 g/mol. The molecule has 2 heteroatoms. The van der Waals surface area contributed by atoms with Gasteiger partial charge in [0.05, 0.1) is 19.3 Å². The molecule has 24 heavy (non-hydrogen) atoms. The molecule has 0 amide bonds. The Bertz CT molecular complexity index is 607. The van der Waals surface area contributed by atoms with Crippen molar-refractivity contribution in [2.75, 3.05) is 13.2 Å². The largest absolute Gasteiger partial charge is 0.373 e. The standard InChI is InChI=1S/C22H28O2/c1-3-5-6-17-7-9-18(10-8-17)19-11-13-20(14-12-19)22-16-23-21(4-2)15-24-22/h7-14,21-22H,3-6,15-16H2,1-2H3. The highest BCUT2D eigenvalue weighted by molar-refractivity contribution is 5.64. The number of ether oxygens (including phenoxy) is 2. The maximum atomic E-state index is 5.94. The normalized spacial score (nSPS) is 20.9. The van der Waals surface area contributed by atoms with E-state index in [4.69, 9.17) is 9.47 Å². The van der Waals surface area contributed by atoms with E-state index >= 15 is 0 Å². The van der Waals surface area contributed by atoms with Crippen molar-refractivity contribution in [2.24, 2.45) is 0 Å². The van der Waals surface area contributed by atoms with Gasteiger partial charge in [-0.1, -0.05) is 68.8 Å². The fraction of sp³-hybridized carbons (Fsp3) is 0.455. The smallest absolute Gasteiger partial charge is 0.106 e. The molecule has 128 valence electrons. The third-order valence-electron chi connectivity index (χ3n) is 4.81. The van der Waals surface area contributed by atoms with Crippen molar-refractivity contribution in [2.45, 2.75) is 51.7 Å². The van der Waals surface area contributed by atoms with Crippen molar-refractivity contribution in [3.63, 3.8) is 0 Å². The Labute approximate surface area is 145 Å². The molecule has 0 aliphatic carbocycles. The van der Waals surface area contributed by atoms with Crippen LogP contribution in [0.1, 0.15) is 50.3 Å². The Morgan fingerprint density at radius 1 is 0.833 bits per heavy atom. The van der Waals surface area contributed by atoms with Crippen LogP contribution in [0.2, 0.25) is 0 Å². The quantitative estimate of drug-likeness (QED) is 0.692. The lowest BCUT2D eigenvalue weighted by Crippen LogP contribution is -2.30. The summed E-state index contributed by atoms with van der Waals surface area (Å²) in [6.45, 7) is 5.72. The van der Waals surface area contributed by atoms with Gasteiger partial charge in [0.2, 0.25) is 0 Å². The Balaban J connectivity index is 1.64. The minimum atomic E-state index is 0.0678. The van der Waals surface area contributed by atoms with E-state index < -0.39 is 0 Å². The van der Waals surface area contributed by atoms with Gasteiger partial charge in [-0.2, -0.15) is 0 Å². The average Bonchev–Trinajstić information content (AvgIpc) is 2.67. The zero-order chi connectivity index (χ0) is 16.8. The maximum absolute atomic E-state index is 5.94. The lowest BCUT2D eigenvalue weighted by Gasteiger charge is -2.29. The van der Waals surface area contributed by atoms with Gasteiger partial charge in [0.1, 0.15) is 6.10 Å². The van der Waals surface area contributed by atoms with Crippen molar-refractivity contribution in [1.82, 2.24) is 0 Å². The zero-order valence-corrected chi connectivity index (χ0v) is 14.8. The van der Waals surface area contributed by atoms with Crippen LogP contribution in [-0.4, -0.2) is 19.3 Å². The number of hydrogen-bond acceptors (Lipinski definition) is 2. The van der Waals surface area contributed by atoms with Crippen LogP contribution in [0.5, 0.6) is 0 Å². The molecule has 2 atom stereocenters. The summed E-state index contributed by atoms with van der Waals surface area (Å²) in [5, 5.41) is 0. The number of hydrogen-bond donors (Lipinski definition) is 0. The zero-order valence-electron chi connectivity index (χ0n) is 14.8.